The summed E-state index contributed by atoms with van der Waals surface area (Å²) < 4.78 is 34.3. The molecule has 3 aromatic rings. The SMILES string of the molecule is Cc1ccc(C(=O)NCC2CC23CCOc2ccccc23)cc1S(=O)(=O)Nc1cccc(Cl)c1. The molecule has 1 aliphatic heterocycles. The van der Waals surface area contributed by atoms with Crippen LogP contribution in [0.1, 0.15) is 34.3 Å². The largest absolute Gasteiger partial charge is 0.493 e. The molecule has 0 bridgehead atoms. The molecule has 2 atom stereocenters. The highest BCUT2D eigenvalue weighted by atomic mass is 35.5. The number of hydrogen-bond acceptors (Lipinski definition) is 4. The maximum Gasteiger partial charge on any atom is 0.262 e. The van der Waals surface area contributed by atoms with E-state index in [0.717, 1.165) is 18.6 Å². The van der Waals surface area contributed by atoms with Gasteiger partial charge >= 0.3 is 0 Å². The Bertz CT molecular complexity index is 1370. The number of aryl methyl sites for hydroxylation is 1. The third-order valence-electron chi connectivity index (χ3n) is 6.79. The Hall–Kier alpha value is -3.03. The molecule has 1 amide bonds. The van der Waals surface area contributed by atoms with Crippen LogP contribution in [0.25, 0.3) is 0 Å². The molecule has 2 unspecified atom stereocenters. The minimum Gasteiger partial charge on any atom is -0.493 e. The van der Waals surface area contributed by atoms with Crippen LogP contribution in [-0.4, -0.2) is 27.5 Å². The summed E-state index contributed by atoms with van der Waals surface area (Å²) in [7, 11) is -3.89. The number of halogens is 1. The lowest BCUT2D eigenvalue weighted by molar-refractivity contribution is 0.0950. The smallest absolute Gasteiger partial charge is 0.262 e. The summed E-state index contributed by atoms with van der Waals surface area (Å²) in [6.45, 7) is 2.91. The van der Waals surface area contributed by atoms with Gasteiger partial charge in [0.2, 0.25) is 0 Å². The molecule has 176 valence electrons. The topological polar surface area (TPSA) is 84.5 Å². The molecule has 3 aromatic carbocycles. The zero-order chi connectivity index (χ0) is 23.9. The number of benzene rings is 3. The molecule has 6 nitrogen and oxygen atoms in total. The van der Waals surface area contributed by atoms with Crippen molar-refractivity contribution < 1.29 is 17.9 Å². The first-order valence-corrected chi connectivity index (χ1v) is 13.0. The quantitative estimate of drug-likeness (QED) is 0.507. The van der Waals surface area contributed by atoms with Crippen LogP contribution in [0.5, 0.6) is 5.75 Å². The molecule has 0 saturated heterocycles. The van der Waals surface area contributed by atoms with E-state index in [1.807, 2.05) is 18.2 Å². The monoisotopic (exact) mass is 496 g/mol. The normalized spacial score (nSPS) is 20.8. The summed E-state index contributed by atoms with van der Waals surface area (Å²) in [5, 5.41) is 3.43. The van der Waals surface area contributed by atoms with Crippen molar-refractivity contribution in [3.8, 4) is 5.75 Å². The first-order chi connectivity index (χ1) is 16.3. The maximum atomic E-state index is 13.0. The van der Waals surface area contributed by atoms with Crippen molar-refractivity contribution in [1.29, 1.82) is 0 Å². The van der Waals surface area contributed by atoms with Crippen molar-refractivity contribution in [1.82, 2.24) is 5.32 Å². The van der Waals surface area contributed by atoms with E-state index in [9.17, 15) is 13.2 Å². The van der Waals surface area contributed by atoms with Gasteiger partial charge in [-0.1, -0.05) is 41.9 Å². The predicted molar refractivity (Wildman–Crippen MR) is 132 cm³/mol. The second-order valence-corrected chi connectivity index (χ2v) is 11.0. The summed E-state index contributed by atoms with van der Waals surface area (Å²) in [5.74, 6) is 0.976. The van der Waals surface area contributed by atoms with Crippen molar-refractivity contribution >= 4 is 33.2 Å². The number of nitrogens with one attached hydrogen (secondary N) is 2. The van der Waals surface area contributed by atoms with Crippen LogP contribution >= 0.6 is 11.6 Å². The van der Waals surface area contributed by atoms with E-state index in [1.165, 1.54) is 17.7 Å². The molecule has 5 rings (SSSR count). The van der Waals surface area contributed by atoms with Crippen LogP contribution in [0.3, 0.4) is 0 Å². The van der Waals surface area contributed by atoms with Crippen molar-refractivity contribution in [2.75, 3.05) is 17.9 Å². The van der Waals surface area contributed by atoms with Gasteiger partial charge in [-0.3, -0.25) is 9.52 Å². The van der Waals surface area contributed by atoms with E-state index in [0.29, 0.717) is 40.9 Å². The molecule has 1 spiro atoms. The van der Waals surface area contributed by atoms with Gasteiger partial charge in [0.25, 0.3) is 15.9 Å². The summed E-state index contributed by atoms with van der Waals surface area (Å²) in [5.41, 5.74) is 2.49. The molecule has 2 aliphatic rings. The van der Waals surface area contributed by atoms with E-state index >= 15 is 0 Å². The van der Waals surface area contributed by atoms with Crippen molar-refractivity contribution in [3.63, 3.8) is 0 Å². The summed E-state index contributed by atoms with van der Waals surface area (Å²) in [4.78, 5) is 13.0. The fourth-order valence-corrected chi connectivity index (χ4v) is 6.39. The van der Waals surface area contributed by atoms with Crippen LogP contribution in [0.15, 0.2) is 71.6 Å². The van der Waals surface area contributed by atoms with E-state index in [-0.39, 0.29) is 16.2 Å². The number of anilines is 1. The second-order valence-electron chi connectivity index (χ2n) is 8.96. The number of fused-ring (bicyclic) bond motifs is 2. The van der Waals surface area contributed by atoms with Crippen molar-refractivity contribution in [2.24, 2.45) is 5.92 Å². The van der Waals surface area contributed by atoms with Gasteiger partial charge < -0.3 is 10.1 Å². The molecule has 0 aromatic heterocycles. The Labute approximate surface area is 204 Å². The Morgan fingerprint density at radius 3 is 2.76 bits per heavy atom. The molecule has 1 aliphatic carbocycles. The number of carbonyl (C=O) groups is 1. The number of ether oxygens (including phenoxy) is 1. The fraction of sp³-hybridized carbons (Fsp3) is 0.269. The summed E-state index contributed by atoms with van der Waals surface area (Å²) in [6.07, 6.45) is 1.94. The number of hydrogen-bond donors (Lipinski definition) is 2. The molecule has 0 radical (unpaired) electrons. The average Bonchev–Trinajstić information content (AvgIpc) is 3.50. The first kappa shape index (κ1) is 22.7. The molecule has 1 saturated carbocycles. The average molecular weight is 497 g/mol. The van der Waals surface area contributed by atoms with Gasteiger partial charge in [0.1, 0.15) is 5.75 Å². The summed E-state index contributed by atoms with van der Waals surface area (Å²) in [6, 6.07) is 19.3. The van der Waals surface area contributed by atoms with E-state index in [2.05, 4.69) is 16.1 Å². The van der Waals surface area contributed by atoms with Gasteiger partial charge in [0, 0.05) is 28.1 Å². The Balaban J connectivity index is 1.29. The fourth-order valence-electron chi connectivity index (χ4n) is 4.88. The number of rotatable bonds is 6. The van der Waals surface area contributed by atoms with Gasteiger partial charge in [0.15, 0.2) is 0 Å². The number of carbonyl (C=O) groups excluding carboxylic acids is 1. The van der Waals surface area contributed by atoms with Gasteiger partial charge in [-0.15, -0.1) is 0 Å². The Morgan fingerprint density at radius 1 is 1.12 bits per heavy atom. The predicted octanol–water partition coefficient (Wildman–Crippen LogP) is 4.92. The van der Waals surface area contributed by atoms with Crippen LogP contribution in [0.2, 0.25) is 5.02 Å². The highest BCUT2D eigenvalue weighted by Gasteiger charge is 2.57. The van der Waals surface area contributed by atoms with Crippen LogP contribution in [0.4, 0.5) is 5.69 Å². The third kappa shape index (κ3) is 4.26. The molecule has 8 heteroatoms. The van der Waals surface area contributed by atoms with Crippen LogP contribution in [0, 0.1) is 12.8 Å². The highest BCUT2D eigenvalue weighted by Crippen LogP contribution is 2.60. The van der Waals surface area contributed by atoms with Crippen molar-refractivity contribution in [3.05, 3.63) is 88.4 Å². The lowest BCUT2D eigenvalue weighted by Crippen LogP contribution is -2.30. The molecular weight excluding hydrogens is 472 g/mol. The molecule has 2 N–H and O–H groups in total. The Morgan fingerprint density at radius 2 is 1.94 bits per heavy atom. The zero-order valence-corrected chi connectivity index (χ0v) is 20.2. The minimum atomic E-state index is -3.89. The van der Waals surface area contributed by atoms with Gasteiger partial charge in [-0.25, -0.2) is 8.42 Å². The van der Waals surface area contributed by atoms with E-state index < -0.39 is 10.0 Å². The maximum absolute atomic E-state index is 13.0. The molecular formula is C26H25ClN2O4S. The van der Waals surface area contributed by atoms with Crippen LogP contribution in [-0.2, 0) is 15.4 Å². The van der Waals surface area contributed by atoms with Gasteiger partial charge in [-0.2, -0.15) is 0 Å². The number of para-hydroxylation sites is 1. The molecule has 34 heavy (non-hydrogen) atoms. The third-order valence-corrected chi connectivity index (χ3v) is 8.55. The lowest BCUT2D eigenvalue weighted by atomic mass is 9.87. The Kier molecular flexibility index (Phi) is 5.78. The molecule has 1 fully saturated rings. The standard InChI is InChI=1S/C26H25ClN2O4S/c1-17-9-10-18(13-24(17)34(31,32)29-21-6-4-5-20(27)14-21)25(30)28-16-19-15-26(19)11-12-33-23-8-3-2-7-22(23)26/h2-10,13-14,19,29H,11-12,15-16H2,1H3,(H,28,30). The van der Waals surface area contributed by atoms with E-state index in [1.54, 1.807) is 37.3 Å². The lowest BCUT2D eigenvalue weighted by Gasteiger charge is -2.27. The van der Waals surface area contributed by atoms with Crippen molar-refractivity contribution in [2.45, 2.75) is 30.1 Å². The number of sulfonamides is 1. The zero-order valence-electron chi connectivity index (χ0n) is 18.7. The first-order valence-electron chi connectivity index (χ1n) is 11.2. The van der Waals surface area contributed by atoms with Gasteiger partial charge in [0.05, 0.1) is 17.2 Å². The van der Waals surface area contributed by atoms with E-state index in [4.69, 9.17) is 16.3 Å². The highest BCUT2D eigenvalue weighted by molar-refractivity contribution is 7.92. The minimum absolute atomic E-state index is 0.0568. The summed E-state index contributed by atoms with van der Waals surface area (Å²) >= 11 is 5.97. The van der Waals surface area contributed by atoms with Crippen LogP contribution < -0.4 is 14.8 Å². The molecule has 1 heterocycles. The number of amides is 1. The second kappa shape index (κ2) is 8.64. The van der Waals surface area contributed by atoms with Gasteiger partial charge in [-0.05, 0) is 67.6 Å².